The van der Waals surface area contributed by atoms with E-state index in [2.05, 4.69) is 56.7 Å². The monoisotopic (exact) mass is 614 g/mol. The summed E-state index contributed by atoms with van der Waals surface area (Å²) in [6.07, 6.45) is 3.13. The minimum absolute atomic E-state index is 0.0530. The van der Waals surface area contributed by atoms with Crippen LogP contribution in [-0.2, 0) is 24.5 Å². The van der Waals surface area contributed by atoms with Gasteiger partial charge in [-0.3, -0.25) is 14.5 Å². The van der Waals surface area contributed by atoms with Gasteiger partial charge in [0.05, 0.1) is 5.69 Å². The number of imide groups is 1. The van der Waals surface area contributed by atoms with Gasteiger partial charge in [-0.1, -0.05) is 32.9 Å². The quantitative estimate of drug-likeness (QED) is 0.171. The Balaban J connectivity index is 1.87. The van der Waals surface area contributed by atoms with Gasteiger partial charge in [-0.2, -0.15) is 0 Å². The van der Waals surface area contributed by atoms with Gasteiger partial charge < -0.3 is 0 Å². The van der Waals surface area contributed by atoms with Gasteiger partial charge in [0, 0.05) is 12.3 Å². The van der Waals surface area contributed by atoms with Crippen LogP contribution >= 0.6 is 19.8 Å². The van der Waals surface area contributed by atoms with Crippen molar-refractivity contribution in [3.05, 3.63) is 29.8 Å². The molecule has 0 saturated carbocycles. The third-order valence-corrected chi connectivity index (χ3v) is 9.63. The van der Waals surface area contributed by atoms with Gasteiger partial charge in [0.15, 0.2) is 0 Å². The van der Waals surface area contributed by atoms with Crippen molar-refractivity contribution in [2.75, 3.05) is 25.8 Å². The molecular formula is C29H47IN2O4. The van der Waals surface area contributed by atoms with Crippen molar-refractivity contribution in [2.45, 2.75) is 97.1 Å². The fourth-order valence-electron chi connectivity index (χ4n) is 4.34. The van der Waals surface area contributed by atoms with E-state index in [4.69, 9.17) is 4.74 Å². The smallest absolute Gasteiger partial charge is 0.237 e. The summed E-state index contributed by atoms with van der Waals surface area (Å²) in [5.74, 6) is -0.497. The van der Waals surface area contributed by atoms with Crippen molar-refractivity contribution < 1.29 is 19.1 Å². The summed E-state index contributed by atoms with van der Waals surface area (Å²) in [7, 11) is 0. The molecule has 1 atom stereocenters. The number of anilines is 1. The summed E-state index contributed by atoms with van der Waals surface area (Å²) < 4.78 is 7.33. The number of amides is 3. The number of carbonyl (C=O) groups excluding carboxylic acids is 3. The molecule has 0 aromatic heterocycles. The molecule has 0 aliphatic carbocycles. The maximum absolute atomic E-state index is 12.8. The van der Waals surface area contributed by atoms with Crippen molar-refractivity contribution in [2.24, 2.45) is 5.92 Å². The molecule has 1 unspecified atom stereocenters. The van der Waals surface area contributed by atoms with Crippen molar-refractivity contribution >= 4 is 43.2 Å². The van der Waals surface area contributed by atoms with Gasteiger partial charge in [-0.05, 0) is 17.7 Å². The molecule has 1 aromatic rings. The number of nitrogens with zero attached hydrogens (tertiary/aromatic N) is 1. The van der Waals surface area contributed by atoms with Gasteiger partial charge in [0.2, 0.25) is 11.8 Å². The van der Waals surface area contributed by atoms with E-state index in [1.807, 2.05) is 24.3 Å². The standard InChI is InChI=1S/C29H47IN2O4/c1-21-20-25(34)32(26(21)35)23-12-10-22(11-13-23)27(2,3)15-14-24(33)31-28(4,5)16-17-29(6,7)36-19-18-30(8)9/h10-13,21H,14-20H2,1-9H3,(H,31,33). The van der Waals surface area contributed by atoms with Crippen LogP contribution in [0.3, 0.4) is 0 Å². The number of benzene rings is 1. The van der Waals surface area contributed by atoms with Crippen LogP contribution in [0.15, 0.2) is 24.3 Å². The molecule has 6 nitrogen and oxygen atoms in total. The summed E-state index contributed by atoms with van der Waals surface area (Å²) in [6, 6.07) is 7.60. The molecule has 1 aromatic carbocycles. The fourth-order valence-corrected chi connectivity index (χ4v) is 5.45. The molecule has 2 rings (SSSR count). The number of carbonyl (C=O) groups is 3. The number of rotatable bonds is 13. The Bertz CT molecular complexity index is 922. The van der Waals surface area contributed by atoms with Crippen LogP contribution in [-0.4, -0.2) is 49.8 Å². The van der Waals surface area contributed by atoms with Crippen LogP contribution in [0.2, 0.25) is 0 Å². The Labute approximate surface area is 225 Å². The molecule has 36 heavy (non-hydrogen) atoms. The molecule has 1 N–H and O–H groups in total. The van der Waals surface area contributed by atoms with Gasteiger partial charge >= 0.3 is 131 Å². The Kier molecular flexibility index (Phi) is 10.6. The Hall–Kier alpha value is -1.48. The van der Waals surface area contributed by atoms with Crippen LogP contribution in [0.4, 0.5) is 5.69 Å². The van der Waals surface area contributed by atoms with Gasteiger partial charge in [0.25, 0.3) is 0 Å². The average molecular weight is 615 g/mol. The summed E-state index contributed by atoms with van der Waals surface area (Å²) in [6.45, 7) is 15.3. The third kappa shape index (κ3) is 9.12. The first kappa shape index (κ1) is 30.7. The number of alkyl halides is 3. The number of hydrogen-bond donors (Lipinski definition) is 1. The molecule has 0 radical (unpaired) electrons. The van der Waals surface area contributed by atoms with E-state index in [1.54, 1.807) is 6.92 Å². The van der Waals surface area contributed by atoms with Crippen LogP contribution in [0.25, 0.3) is 0 Å². The Morgan fingerprint density at radius 2 is 1.64 bits per heavy atom. The van der Waals surface area contributed by atoms with Crippen LogP contribution in [0.1, 0.15) is 86.1 Å². The summed E-state index contributed by atoms with van der Waals surface area (Å²) in [5.41, 5.74) is 0.983. The first-order chi connectivity index (χ1) is 16.5. The van der Waals surface area contributed by atoms with Crippen LogP contribution < -0.4 is 10.2 Å². The Morgan fingerprint density at radius 3 is 2.17 bits per heavy atom. The molecular weight excluding hydrogens is 567 g/mol. The second-order valence-electron chi connectivity index (χ2n) is 12.2. The molecule has 1 heterocycles. The maximum atomic E-state index is 12.8. The van der Waals surface area contributed by atoms with Crippen molar-refractivity contribution in [1.82, 2.24) is 5.32 Å². The molecule has 1 aliphatic heterocycles. The van der Waals surface area contributed by atoms with Crippen LogP contribution in [0, 0.1) is 5.92 Å². The third-order valence-electron chi connectivity index (χ3n) is 7.03. The van der Waals surface area contributed by atoms with E-state index < -0.39 is 19.8 Å². The maximum Gasteiger partial charge on any atom is 0.237 e. The van der Waals surface area contributed by atoms with E-state index in [1.165, 1.54) is 9.33 Å². The Morgan fingerprint density at radius 1 is 1.03 bits per heavy atom. The molecule has 3 amide bonds. The normalized spacial score (nSPS) is 17.5. The predicted octanol–water partition coefficient (Wildman–Crippen LogP) is 5.88. The average Bonchev–Trinajstić information content (AvgIpc) is 3.02. The fraction of sp³-hybridized carbons (Fsp3) is 0.690. The number of ether oxygens (including phenoxy) is 1. The summed E-state index contributed by atoms with van der Waals surface area (Å²) in [5, 5.41) is 3.22. The van der Waals surface area contributed by atoms with Crippen molar-refractivity contribution in [1.29, 1.82) is 0 Å². The number of nitrogens with one attached hydrogen (secondary N) is 1. The molecule has 0 bridgehead atoms. The van der Waals surface area contributed by atoms with Crippen molar-refractivity contribution in [3.8, 4) is 0 Å². The molecule has 1 aliphatic rings. The SMILES string of the molecule is CC1CC(=O)N(c2ccc(C(C)(C)CCC(=O)NC(C)(C)CCC(C)(C)OCCI(C)C)cc2)C1=O. The first-order valence-corrected chi connectivity index (χ1v) is 18.8. The number of halogens is 1. The molecule has 1 saturated heterocycles. The minimum atomic E-state index is -0.763. The first-order valence-electron chi connectivity index (χ1n) is 12.9. The zero-order valence-corrected chi connectivity index (χ0v) is 26.0. The molecule has 204 valence electrons. The predicted molar refractivity (Wildman–Crippen MR) is 157 cm³/mol. The largest absolute Gasteiger partial charge is 0.274 e. The van der Waals surface area contributed by atoms with Gasteiger partial charge in [0.1, 0.15) is 0 Å². The summed E-state index contributed by atoms with van der Waals surface area (Å²) in [4.78, 5) is 43.3. The van der Waals surface area contributed by atoms with Gasteiger partial charge in [-0.25, -0.2) is 0 Å². The van der Waals surface area contributed by atoms with E-state index >= 15 is 0 Å². The second-order valence-corrected chi connectivity index (χ2v) is 18.5. The zero-order chi connectivity index (χ0) is 27.3. The van der Waals surface area contributed by atoms with E-state index in [9.17, 15) is 14.4 Å². The number of hydrogen-bond acceptors (Lipinski definition) is 4. The summed E-state index contributed by atoms with van der Waals surface area (Å²) >= 11 is -0.763. The van der Waals surface area contributed by atoms with Crippen LogP contribution in [0.5, 0.6) is 0 Å². The van der Waals surface area contributed by atoms with E-state index in [-0.39, 0.29) is 46.6 Å². The zero-order valence-electron chi connectivity index (χ0n) is 23.8. The molecule has 0 spiro atoms. The minimum Gasteiger partial charge on any atom is -0.274 e. The van der Waals surface area contributed by atoms with E-state index in [0.29, 0.717) is 18.5 Å². The second kappa shape index (κ2) is 12.4. The molecule has 7 heteroatoms. The van der Waals surface area contributed by atoms with Gasteiger partial charge in [-0.15, -0.1) is 0 Å². The topological polar surface area (TPSA) is 75.7 Å². The van der Waals surface area contributed by atoms with Crippen molar-refractivity contribution in [3.63, 3.8) is 0 Å². The molecule has 1 fully saturated rings. The van der Waals surface area contributed by atoms with E-state index in [0.717, 1.165) is 25.0 Å².